The first-order valence-electron chi connectivity index (χ1n) is 10.4. The molecule has 0 amide bonds. The van der Waals surface area contributed by atoms with Crippen molar-refractivity contribution in [2.24, 2.45) is 0 Å². The number of nitrogens with one attached hydrogen (secondary N) is 2. The van der Waals surface area contributed by atoms with Crippen LogP contribution >= 0.6 is 0 Å². The van der Waals surface area contributed by atoms with Gasteiger partial charge in [0.15, 0.2) is 5.65 Å². The van der Waals surface area contributed by atoms with E-state index in [0.717, 1.165) is 18.5 Å². The SMILES string of the molecule is O[C@H]1CC[C@H](n2c(Nc3ccccc3F)nc3cnc(Nc4ccccc4)nc32)CC1. The Labute approximate surface area is 179 Å². The molecule has 0 aliphatic heterocycles. The highest BCUT2D eigenvalue weighted by atomic mass is 19.1. The number of hydrogen-bond acceptors (Lipinski definition) is 6. The van der Waals surface area contributed by atoms with Crippen molar-refractivity contribution < 1.29 is 9.50 Å². The van der Waals surface area contributed by atoms with Gasteiger partial charge in [0.1, 0.15) is 11.3 Å². The van der Waals surface area contributed by atoms with E-state index in [1.165, 1.54) is 6.07 Å². The van der Waals surface area contributed by atoms with Crippen LogP contribution in [-0.2, 0) is 0 Å². The number of para-hydroxylation sites is 2. The molecule has 3 N–H and O–H groups in total. The average molecular weight is 418 g/mol. The van der Waals surface area contributed by atoms with Crippen molar-refractivity contribution in [2.45, 2.75) is 37.8 Å². The number of imidazole rings is 1. The molecule has 0 bridgehead atoms. The van der Waals surface area contributed by atoms with Crippen LogP contribution in [0.15, 0.2) is 60.8 Å². The third-order valence-electron chi connectivity index (χ3n) is 5.61. The summed E-state index contributed by atoms with van der Waals surface area (Å²) < 4.78 is 16.3. The van der Waals surface area contributed by atoms with Gasteiger partial charge in [0, 0.05) is 11.7 Å². The van der Waals surface area contributed by atoms with E-state index in [0.29, 0.717) is 41.6 Å². The lowest BCUT2D eigenvalue weighted by Crippen LogP contribution is -2.22. The molecule has 2 aromatic heterocycles. The molecule has 1 aliphatic carbocycles. The van der Waals surface area contributed by atoms with Crippen LogP contribution in [0.25, 0.3) is 11.2 Å². The summed E-state index contributed by atoms with van der Waals surface area (Å²) in [6.07, 6.45) is 4.41. The van der Waals surface area contributed by atoms with Crippen molar-refractivity contribution in [1.82, 2.24) is 19.5 Å². The standard InChI is InChI=1S/C23H23FN6O/c24-18-8-4-5-9-19(18)27-23-28-20-14-25-22(26-15-6-2-1-3-7-15)29-21(20)30(23)16-10-12-17(31)13-11-16/h1-9,14,16-17,31H,10-13H2,(H,27,28)(H,25,26,29)/t16-,17-. The van der Waals surface area contributed by atoms with Crippen LogP contribution in [0.2, 0.25) is 0 Å². The summed E-state index contributed by atoms with van der Waals surface area (Å²) in [4.78, 5) is 13.8. The fourth-order valence-electron chi connectivity index (χ4n) is 4.04. The Morgan fingerprint density at radius 2 is 1.65 bits per heavy atom. The molecule has 31 heavy (non-hydrogen) atoms. The largest absolute Gasteiger partial charge is 0.393 e. The van der Waals surface area contributed by atoms with Crippen molar-refractivity contribution in [2.75, 3.05) is 10.6 Å². The van der Waals surface area contributed by atoms with E-state index in [1.807, 2.05) is 34.9 Å². The Morgan fingerprint density at radius 1 is 0.903 bits per heavy atom. The number of hydrogen-bond donors (Lipinski definition) is 3. The highest BCUT2D eigenvalue weighted by molar-refractivity contribution is 5.77. The number of anilines is 4. The number of aromatic nitrogens is 4. The molecule has 0 radical (unpaired) electrons. The van der Waals surface area contributed by atoms with Crippen LogP contribution in [-0.4, -0.2) is 30.7 Å². The summed E-state index contributed by atoms with van der Waals surface area (Å²) >= 11 is 0. The Bertz CT molecular complexity index is 1190. The second kappa shape index (κ2) is 8.31. The molecule has 0 atom stereocenters. The van der Waals surface area contributed by atoms with Crippen LogP contribution in [0.5, 0.6) is 0 Å². The molecule has 4 aromatic rings. The molecular weight excluding hydrogens is 395 g/mol. The molecule has 2 aromatic carbocycles. The van der Waals surface area contributed by atoms with Crippen molar-refractivity contribution in [3.8, 4) is 0 Å². The van der Waals surface area contributed by atoms with Gasteiger partial charge in [-0.3, -0.25) is 4.57 Å². The van der Waals surface area contributed by atoms with Gasteiger partial charge in [0.2, 0.25) is 11.9 Å². The Balaban J connectivity index is 1.56. The summed E-state index contributed by atoms with van der Waals surface area (Å²) in [5, 5.41) is 16.3. The van der Waals surface area contributed by atoms with Crippen LogP contribution in [0.3, 0.4) is 0 Å². The van der Waals surface area contributed by atoms with Gasteiger partial charge >= 0.3 is 0 Å². The van der Waals surface area contributed by atoms with Crippen molar-refractivity contribution in [3.63, 3.8) is 0 Å². The molecule has 2 heterocycles. The Kier molecular flexibility index (Phi) is 5.21. The van der Waals surface area contributed by atoms with E-state index in [9.17, 15) is 9.50 Å². The maximum Gasteiger partial charge on any atom is 0.229 e. The number of aliphatic hydroxyl groups excluding tert-OH is 1. The van der Waals surface area contributed by atoms with Gasteiger partial charge in [-0.05, 0) is 49.9 Å². The number of benzene rings is 2. The minimum atomic E-state index is -0.349. The number of halogens is 1. The van der Waals surface area contributed by atoms with Crippen LogP contribution in [0.1, 0.15) is 31.7 Å². The summed E-state index contributed by atoms with van der Waals surface area (Å²) in [5.74, 6) is 0.637. The van der Waals surface area contributed by atoms with Gasteiger partial charge in [-0.1, -0.05) is 30.3 Å². The maximum absolute atomic E-state index is 14.3. The maximum atomic E-state index is 14.3. The first kappa shape index (κ1) is 19.4. The van der Waals surface area contributed by atoms with Crippen LogP contribution in [0, 0.1) is 5.82 Å². The zero-order valence-corrected chi connectivity index (χ0v) is 16.9. The number of fused-ring (bicyclic) bond motifs is 1. The molecule has 1 saturated carbocycles. The number of aliphatic hydroxyl groups is 1. The molecule has 0 spiro atoms. The van der Waals surface area contributed by atoms with E-state index < -0.39 is 0 Å². The topological polar surface area (TPSA) is 87.9 Å². The lowest BCUT2D eigenvalue weighted by atomic mass is 9.93. The molecule has 1 fully saturated rings. The fraction of sp³-hybridized carbons (Fsp3) is 0.261. The zero-order chi connectivity index (χ0) is 21.2. The average Bonchev–Trinajstić information content (AvgIpc) is 3.14. The fourth-order valence-corrected chi connectivity index (χ4v) is 4.04. The van der Waals surface area contributed by atoms with Crippen molar-refractivity contribution >= 4 is 34.4 Å². The summed E-state index contributed by atoms with van der Waals surface area (Å²) in [7, 11) is 0. The predicted molar refractivity (Wildman–Crippen MR) is 118 cm³/mol. The lowest BCUT2D eigenvalue weighted by Gasteiger charge is -2.28. The van der Waals surface area contributed by atoms with E-state index in [-0.39, 0.29) is 18.0 Å². The molecule has 8 heteroatoms. The number of rotatable bonds is 5. The van der Waals surface area contributed by atoms with E-state index in [1.54, 1.807) is 24.4 Å². The zero-order valence-electron chi connectivity index (χ0n) is 16.9. The molecule has 1 aliphatic rings. The van der Waals surface area contributed by atoms with Crippen LogP contribution in [0.4, 0.5) is 27.7 Å². The highest BCUT2D eigenvalue weighted by Crippen LogP contribution is 2.35. The molecular formula is C23H23FN6O. The predicted octanol–water partition coefficient (Wildman–Crippen LogP) is 4.93. The van der Waals surface area contributed by atoms with Gasteiger partial charge in [-0.15, -0.1) is 0 Å². The van der Waals surface area contributed by atoms with Gasteiger partial charge in [0.25, 0.3) is 0 Å². The first-order valence-corrected chi connectivity index (χ1v) is 10.4. The summed E-state index contributed by atoms with van der Waals surface area (Å²) in [6.45, 7) is 0. The Hall–Kier alpha value is -3.52. The molecule has 0 unspecified atom stereocenters. The lowest BCUT2D eigenvalue weighted by molar-refractivity contribution is 0.112. The highest BCUT2D eigenvalue weighted by Gasteiger charge is 2.26. The molecule has 0 saturated heterocycles. The van der Waals surface area contributed by atoms with Gasteiger partial charge in [0.05, 0.1) is 18.0 Å². The van der Waals surface area contributed by atoms with E-state index >= 15 is 0 Å². The second-order valence-corrected chi connectivity index (χ2v) is 7.77. The molecule has 158 valence electrons. The van der Waals surface area contributed by atoms with Gasteiger partial charge in [-0.2, -0.15) is 4.98 Å². The Morgan fingerprint density at radius 3 is 2.42 bits per heavy atom. The minimum absolute atomic E-state index is 0.0992. The summed E-state index contributed by atoms with van der Waals surface area (Å²) in [6, 6.07) is 16.3. The third-order valence-corrected chi connectivity index (χ3v) is 5.61. The van der Waals surface area contributed by atoms with Gasteiger partial charge < -0.3 is 15.7 Å². The molecule has 5 rings (SSSR count). The normalized spacial score (nSPS) is 18.8. The van der Waals surface area contributed by atoms with Crippen LogP contribution < -0.4 is 10.6 Å². The quantitative estimate of drug-likeness (QED) is 0.426. The monoisotopic (exact) mass is 418 g/mol. The minimum Gasteiger partial charge on any atom is -0.393 e. The van der Waals surface area contributed by atoms with E-state index in [4.69, 9.17) is 4.98 Å². The smallest absolute Gasteiger partial charge is 0.229 e. The number of nitrogens with zero attached hydrogens (tertiary/aromatic N) is 4. The molecule has 7 nitrogen and oxygen atoms in total. The van der Waals surface area contributed by atoms with Crippen molar-refractivity contribution in [3.05, 3.63) is 66.6 Å². The first-order chi connectivity index (χ1) is 15.2. The van der Waals surface area contributed by atoms with E-state index in [2.05, 4.69) is 20.6 Å². The second-order valence-electron chi connectivity index (χ2n) is 7.77. The van der Waals surface area contributed by atoms with Gasteiger partial charge in [-0.25, -0.2) is 14.4 Å². The third kappa shape index (κ3) is 4.06. The van der Waals surface area contributed by atoms with Crippen molar-refractivity contribution in [1.29, 1.82) is 0 Å². The summed E-state index contributed by atoms with van der Waals surface area (Å²) in [5.41, 5.74) is 2.54.